The zero-order valence-corrected chi connectivity index (χ0v) is 19.6. The lowest BCUT2D eigenvalue weighted by Gasteiger charge is -2.31. The van der Waals surface area contributed by atoms with Crippen molar-refractivity contribution < 1.29 is 9.84 Å². The van der Waals surface area contributed by atoms with Crippen molar-refractivity contribution in [2.45, 2.75) is 39.5 Å². The van der Waals surface area contributed by atoms with E-state index in [0.717, 1.165) is 49.6 Å². The van der Waals surface area contributed by atoms with Crippen LogP contribution in [-0.2, 0) is 13.1 Å². The van der Waals surface area contributed by atoms with Crippen molar-refractivity contribution in [3.05, 3.63) is 52.1 Å². The predicted octanol–water partition coefficient (Wildman–Crippen LogP) is 2.31. The summed E-state index contributed by atoms with van der Waals surface area (Å²) in [6.45, 7) is 9.03. The van der Waals surface area contributed by atoms with Gasteiger partial charge in [0.1, 0.15) is 22.6 Å². The first kappa shape index (κ1) is 22.0. The zero-order chi connectivity index (χ0) is 23.1. The van der Waals surface area contributed by atoms with Crippen LogP contribution in [0.15, 0.2) is 35.4 Å². The van der Waals surface area contributed by atoms with Gasteiger partial charge in [-0.2, -0.15) is 0 Å². The Kier molecular flexibility index (Phi) is 5.88. The first-order valence-electron chi connectivity index (χ1n) is 11.8. The molecule has 0 radical (unpaired) electrons. The molecular formula is C25H33N5O3. The first-order chi connectivity index (χ1) is 16.0. The highest BCUT2D eigenvalue weighted by molar-refractivity contribution is 5.86. The van der Waals surface area contributed by atoms with Gasteiger partial charge in [0, 0.05) is 38.3 Å². The van der Waals surface area contributed by atoms with Gasteiger partial charge in [-0.15, -0.1) is 0 Å². The van der Waals surface area contributed by atoms with E-state index in [9.17, 15) is 9.90 Å². The van der Waals surface area contributed by atoms with Gasteiger partial charge < -0.3 is 24.6 Å². The third-order valence-corrected chi connectivity index (χ3v) is 7.19. The van der Waals surface area contributed by atoms with E-state index in [-0.39, 0.29) is 12.1 Å². The number of aliphatic hydroxyl groups excluding tert-OH is 1. The smallest absolute Gasteiger partial charge is 0.278 e. The number of nitrogens with one attached hydrogen (secondary N) is 1. The van der Waals surface area contributed by atoms with Gasteiger partial charge in [0.15, 0.2) is 0 Å². The molecule has 176 valence electrons. The number of methoxy groups -OCH3 is 1. The van der Waals surface area contributed by atoms with Crippen LogP contribution in [0.5, 0.6) is 5.75 Å². The third-order valence-electron chi connectivity index (χ3n) is 7.19. The van der Waals surface area contributed by atoms with Gasteiger partial charge in [0.05, 0.1) is 26.1 Å². The van der Waals surface area contributed by atoms with Crippen LogP contribution in [0.4, 0.5) is 5.82 Å². The van der Waals surface area contributed by atoms with Crippen molar-refractivity contribution in [2.24, 2.45) is 11.8 Å². The monoisotopic (exact) mass is 451 g/mol. The lowest BCUT2D eigenvalue weighted by molar-refractivity contribution is 0.154. The Morgan fingerprint density at radius 3 is 2.76 bits per heavy atom. The summed E-state index contributed by atoms with van der Waals surface area (Å²) in [4.78, 5) is 20.8. The average molecular weight is 452 g/mol. The number of rotatable bonds is 7. The van der Waals surface area contributed by atoms with Crippen LogP contribution in [0.3, 0.4) is 0 Å². The number of benzene rings is 1. The van der Waals surface area contributed by atoms with E-state index < -0.39 is 6.10 Å². The van der Waals surface area contributed by atoms with Crippen molar-refractivity contribution in [1.29, 1.82) is 0 Å². The lowest BCUT2D eigenvalue weighted by atomic mass is 10.1. The van der Waals surface area contributed by atoms with Crippen molar-refractivity contribution in [3.63, 3.8) is 0 Å². The third kappa shape index (κ3) is 4.13. The SMILES string of the molecule is COc1cccc(C(O)Cn2cnc3c(C)c(N4CCNCC4)n(C[C@@H]4C[C@H]4C)c3c2=O)c1. The lowest BCUT2D eigenvalue weighted by Crippen LogP contribution is -2.44. The number of nitrogens with zero attached hydrogens (tertiary/aromatic N) is 4. The predicted molar refractivity (Wildman–Crippen MR) is 129 cm³/mol. The molecule has 1 saturated carbocycles. The Morgan fingerprint density at radius 2 is 2.06 bits per heavy atom. The molecule has 2 aliphatic rings. The molecule has 5 rings (SSSR count). The van der Waals surface area contributed by atoms with Crippen LogP contribution >= 0.6 is 0 Å². The fourth-order valence-electron chi connectivity index (χ4n) is 5.03. The first-order valence-corrected chi connectivity index (χ1v) is 11.8. The molecule has 0 amide bonds. The average Bonchev–Trinajstić information content (AvgIpc) is 3.46. The van der Waals surface area contributed by atoms with E-state index in [0.29, 0.717) is 28.7 Å². The minimum atomic E-state index is -0.836. The molecule has 0 bridgehead atoms. The topological polar surface area (TPSA) is 84.6 Å². The second kappa shape index (κ2) is 8.83. The summed E-state index contributed by atoms with van der Waals surface area (Å²) < 4.78 is 9.03. The Hall–Kier alpha value is -2.84. The van der Waals surface area contributed by atoms with Crippen LogP contribution in [0.2, 0.25) is 0 Å². The second-order valence-electron chi connectivity index (χ2n) is 9.46. The number of piperazine rings is 1. The summed E-state index contributed by atoms with van der Waals surface area (Å²) in [6.07, 6.45) is 1.94. The molecule has 2 fully saturated rings. The highest BCUT2D eigenvalue weighted by Crippen LogP contribution is 2.41. The Labute approximate surface area is 193 Å². The molecule has 0 spiro atoms. The van der Waals surface area contributed by atoms with Crippen LogP contribution in [0.25, 0.3) is 11.0 Å². The molecule has 3 atom stereocenters. The van der Waals surface area contributed by atoms with Crippen molar-refractivity contribution in [1.82, 2.24) is 19.4 Å². The van der Waals surface area contributed by atoms with Crippen LogP contribution in [-0.4, -0.2) is 52.5 Å². The number of aryl methyl sites for hydroxylation is 1. The molecule has 1 aliphatic heterocycles. The summed E-state index contributed by atoms with van der Waals surface area (Å²) in [5.41, 5.74) is 3.10. The van der Waals surface area contributed by atoms with Crippen molar-refractivity contribution in [2.75, 3.05) is 38.2 Å². The van der Waals surface area contributed by atoms with E-state index in [1.807, 2.05) is 18.2 Å². The summed E-state index contributed by atoms with van der Waals surface area (Å²) in [5, 5.41) is 14.3. The molecule has 33 heavy (non-hydrogen) atoms. The van der Waals surface area contributed by atoms with Crippen LogP contribution < -0.4 is 20.5 Å². The summed E-state index contributed by atoms with van der Waals surface area (Å²) in [7, 11) is 1.60. The molecule has 1 saturated heterocycles. The minimum absolute atomic E-state index is 0.0975. The van der Waals surface area contributed by atoms with E-state index in [1.54, 1.807) is 24.1 Å². The summed E-state index contributed by atoms with van der Waals surface area (Å²) in [6, 6.07) is 7.31. The number of fused-ring (bicyclic) bond motifs is 1. The second-order valence-corrected chi connectivity index (χ2v) is 9.46. The van der Waals surface area contributed by atoms with Gasteiger partial charge in [-0.05, 0) is 42.9 Å². The molecule has 1 aromatic carbocycles. The van der Waals surface area contributed by atoms with E-state index in [1.165, 1.54) is 6.42 Å². The maximum Gasteiger partial charge on any atom is 0.278 e. The number of aromatic nitrogens is 3. The number of anilines is 1. The Morgan fingerprint density at radius 1 is 1.30 bits per heavy atom. The minimum Gasteiger partial charge on any atom is -0.497 e. The molecule has 8 nitrogen and oxygen atoms in total. The fourth-order valence-corrected chi connectivity index (χ4v) is 5.03. The van der Waals surface area contributed by atoms with Crippen LogP contribution in [0, 0.1) is 18.8 Å². The van der Waals surface area contributed by atoms with Gasteiger partial charge in [-0.25, -0.2) is 4.98 Å². The van der Waals surface area contributed by atoms with E-state index in [4.69, 9.17) is 9.72 Å². The van der Waals surface area contributed by atoms with Gasteiger partial charge in [-0.1, -0.05) is 19.1 Å². The molecule has 2 aromatic heterocycles. The van der Waals surface area contributed by atoms with E-state index in [2.05, 4.69) is 28.6 Å². The largest absolute Gasteiger partial charge is 0.497 e. The molecular weight excluding hydrogens is 418 g/mol. The van der Waals surface area contributed by atoms with Gasteiger partial charge in [0.2, 0.25) is 0 Å². The van der Waals surface area contributed by atoms with Crippen LogP contribution in [0.1, 0.15) is 30.6 Å². The molecule has 8 heteroatoms. The quantitative estimate of drug-likeness (QED) is 0.574. The molecule has 2 N–H and O–H groups in total. The molecule has 3 aromatic rings. The maximum atomic E-state index is 13.7. The number of hydrogen-bond donors (Lipinski definition) is 2. The molecule has 1 unspecified atom stereocenters. The Balaban J connectivity index is 1.55. The van der Waals surface area contributed by atoms with Gasteiger partial charge >= 0.3 is 0 Å². The Bertz CT molecular complexity index is 1210. The summed E-state index contributed by atoms with van der Waals surface area (Å²) in [5.74, 6) is 3.09. The fraction of sp³-hybridized carbons (Fsp3) is 0.520. The normalized spacial score (nSPS) is 21.4. The molecule has 3 heterocycles. The van der Waals surface area contributed by atoms with Gasteiger partial charge in [-0.3, -0.25) is 9.36 Å². The standard InChI is InChI=1S/C25H33N5O3/c1-16-11-19(16)13-30-23-22(17(2)24(30)28-9-7-26-8-10-28)27-15-29(25(23)32)14-21(31)18-5-4-6-20(12-18)33-3/h4-6,12,15-16,19,21,26,31H,7-11,13-14H2,1-3H3/t16-,19+,21?/m1/s1. The van der Waals surface area contributed by atoms with Crippen molar-refractivity contribution in [3.8, 4) is 5.75 Å². The maximum absolute atomic E-state index is 13.7. The highest BCUT2D eigenvalue weighted by Gasteiger charge is 2.35. The highest BCUT2D eigenvalue weighted by atomic mass is 16.5. The van der Waals surface area contributed by atoms with Gasteiger partial charge in [0.25, 0.3) is 5.56 Å². The number of ether oxygens (including phenoxy) is 1. The number of hydrogen-bond acceptors (Lipinski definition) is 6. The van der Waals surface area contributed by atoms with E-state index >= 15 is 0 Å². The number of aliphatic hydroxyl groups is 1. The van der Waals surface area contributed by atoms with Crippen molar-refractivity contribution >= 4 is 16.9 Å². The zero-order valence-electron chi connectivity index (χ0n) is 19.6. The summed E-state index contributed by atoms with van der Waals surface area (Å²) >= 11 is 0. The molecule has 1 aliphatic carbocycles.